The van der Waals surface area contributed by atoms with Crippen molar-refractivity contribution in [2.24, 2.45) is 17.8 Å². The molecule has 0 bridgehead atoms. The number of rotatable bonds is 14. The van der Waals surface area contributed by atoms with Gasteiger partial charge in [-0.25, -0.2) is 19.6 Å². The van der Waals surface area contributed by atoms with Crippen LogP contribution in [-0.2, 0) is 25.2 Å². The van der Waals surface area contributed by atoms with Gasteiger partial charge in [0.15, 0.2) is 0 Å². The van der Waals surface area contributed by atoms with Crippen molar-refractivity contribution < 1.29 is 51.4 Å². The fourth-order valence-corrected chi connectivity index (χ4v) is 10.5. The predicted molar refractivity (Wildman–Crippen MR) is 280 cm³/mol. The first kappa shape index (κ1) is 54.8. The van der Waals surface area contributed by atoms with Gasteiger partial charge in [0.25, 0.3) is 5.91 Å². The second kappa shape index (κ2) is 23.2. The van der Waals surface area contributed by atoms with Gasteiger partial charge in [-0.05, 0) is 151 Å². The first-order valence-corrected chi connectivity index (χ1v) is 26.1. The largest absolute Gasteiger partial charge is 0.496 e. The molecule has 2 atom stereocenters. The lowest BCUT2D eigenvalue weighted by atomic mass is 9.84. The number of amides is 6. The number of likely N-dealkylation sites (tertiary alicyclic amines) is 2. The van der Waals surface area contributed by atoms with E-state index in [1.807, 2.05) is 21.9 Å². The van der Waals surface area contributed by atoms with E-state index in [4.69, 9.17) is 25.8 Å². The van der Waals surface area contributed by atoms with Crippen LogP contribution >= 0.6 is 11.6 Å². The molecule has 4 heterocycles. The standard InChI is InChI=1S/C55H66ClF3N8O8/c1-32(39-25-40(55(57,58)59)28-41(26-39)63-53(72)75-54(3,4)5)60-49-43-29-42(47(73-6)30-45(43)61-33(2)62-49)36-7-9-37(10-8-36)50(69)65-19-13-34(14-20-65)18-24-74-31-35-15-21-66(22-16-35)51(70)38-11-12-44(56)46(27-38)67-23-17-48(68)64-52(67)71/h7,11-12,25-30,32,34-35,37H,8-10,13-24,31H2,1-6H3,(H,63,72)(H,60,61,62)(H,64,68,71)/t32-,37?/m1/s1. The van der Waals surface area contributed by atoms with Crippen LogP contribution in [-0.4, -0.2) is 108 Å². The van der Waals surface area contributed by atoms with Crippen molar-refractivity contribution in [3.63, 3.8) is 0 Å². The lowest BCUT2D eigenvalue weighted by Crippen LogP contribution is -2.49. The van der Waals surface area contributed by atoms with Gasteiger partial charge in [0.1, 0.15) is 23.0 Å². The number of halogens is 4. The highest BCUT2D eigenvalue weighted by molar-refractivity contribution is 6.34. The van der Waals surface area contributed by atoms with Gasteiger partial charge in [-0.1, -0.05) is 17.7 Å². The van der Waals surface area contributed by atoms with Crippen LogP contribution in [0.4, 0.5) is 40.0 Å². The van der Waals surface area contributed by atoms with E-state index in [1.54, 1.807) is 59.9 Å². The third-order valence-corrected chi connectivity index (χ3v) is 14.7. The molecule has 4 aliphatic rings. The maximum absolute atomic E-state index is 14.1. The molecule has 6 amide bonds. The number of nitrogens with one attached hydrogen (secondary N) is 3. The number of piperidine rings is 2. The quantitative estimate of drug-likeness (QED) is 0.102. The van der Waals surface area contributed by atoms with Gasteiger partial charge < -0.3 is 29.3 Å². The van der Waals surface area contributed by atoms with E-state index in [1.165, 1.54) is 11.0 Å². The highest BCUT2D eigenvalue weighted by Gasteiger charge is 2.34. The first-order valence-electron chi connectivity index (χ1n) is 25.7. The van der Waals surface area contributed by atoms with Crippen molar-refractivity contribution in [2.75, 3.05) is 68.6 Å². The van der Waals surface area contributed by atoms with E-state index < -0.39 is 35.5 Å². The number of alkyl halides is 3. The van der Waals surface area contributed by atoms with Crippen LogP contribution < -0.4 is 25.6 Å². The second-order valence-electron chi connectivity index (χ2n) is 21.0. The number of hydrogen-bond acceptors (Lipinski definition) is 11. The van der Waals surface area contributed by atoms with Crippen LogP contribution in [0.5, 0.6) is 5.75 Å². The Balaban J connectivity index is 0.808. The number of allylic oxidation sites excluding steroid dienone is 2. The van der Waals surface area contributed by atoms with Crippen molar-refractivity contribution in [3.8, 4) is 5.75 Å². The number of nitrogens with zero attached hydrogens (tertiary/aromatic N) is 5. The molecule has 3 fully saturated rings. The van der Waals surface area contributed by atoms with Crippen LogP contribution in [0.15, 0.2) is 54.6 Å². The van der Waals surface area contributed by atoms with Gasteiger partial charge in [-0.2, -0.15) is 13.2 Å². The summed E-state index contributed by atoms with van der Waals surface area (Å²) in [5.41, 5.74) is 1.68. The molecule has 0 radical (unpaired) electrons. The number of carbonyl (C=O) groups is 5. The van der Waals surface area contributed by atoms with E-state index >= 15 is 0 Å². The molecule has 0 saturated carbocycles. The summed E-state index contributed by atoms with van der Waals surface area (Å²) in [6, 6.07) is 10.8. The number of carbonyl (C=O) groups excluding carboxylic acids is 5. The van der Waals surface area contributed by atoms with Crippen LogP contribution in [0.25, 0.3) is 16.5 Å². The Bertz CT molecular complexity index is 2840. The molecule has 16 nitrogen and oxygen atoms in total. The summed E-state index contributed by atoms with van der Waals surface area (Å²) in [6.45, 7) is 12.5. The summed E-state index contributed by atoms with van der Waals surface area (Å²) in [6.07, 6.45) is 2.97. The summed E-state index contributed by atoms with van der Waals surface area (Å²) in [5.74, 6) is 1.82. The number of ether oxygens (including phenoxy) is 3. The first-order chi connectivity index (χ1) is 35.6. The molecular weight excluding hydrogens is 993 g/mol. The third kappa shape index (κ3) is 13.7. The number of aryl methyl sites for hydroxylation is 1. The molecule has 3 saturated heterocycles. The summed E-state index contributed by atoms with van der Waals surface area (Å²) >= 11 is 6.40. The summed E-state index contributed by atoms with van der Waals surface area (Å²) in [4.78, 5) is 78.5. The Morgan fingerprint density at radius 2 is 1.61 bits per heavy atom. The minimum Gasteiger partial charge on any atom is -0.496 e. The number of urea groups is 1. The van der Waals surface area contributed by atoms with Crippen molar-refractivity contribution in [3.05, 3.63) is 87.7 Å². The van der Waals surface area contributed by atoms with Gasteiger partial charge in [-0.15, -0.1) is 0 Å². The zero-order chi connectivity index (χ0) is 53.8. The number of aromatic nitrogens is 2. The Hall–Kier alpha value is -6.47. The van der Waals surface area contributed by atoms with Crippen LogP contribution in [0.3, 0.4) is 0 Å². The molecule has 0 spiro atoms. The molecule has 8 rings (SSSR count). The van der Waals surface area contributed by atoms with Gasteiger partial charge >= 0.3 is 18.3 Å². The molecular formula is C55H66ClF3N8O8. The SMILES string of the molecule is COc1cc2nc(C)nc(N[C@H](C)c3cc(NC(=O)OC(C)(C)C)cc(C(F)(F)F)c3)c2cc1C1=CCC(C(=O)N2CCC(CCOCC3CCN(C(=O)c4ccc(Cl)c(N5CCC(=O)NC5=O)c4)CC3)CC2)CC1. The normalized spacial score (nSPS) is 18.6. The van der Waals surface area contributed by atoms with Crippen molar-refractivity contribution in [2.45, 2.75) is 110 Å². The molecule has 1 aliphatic carbocycles. The van der Waals surface area contributed by atoms with Crippen molar-refractivity contribution >= 4 is 75.1 Å². The lowest BCUT2D eigenvalue weighted by molar-refractivity contribution is -0.138. The Morgan fingerprint density at radius 1 is 0.893 bits per heavy atom. The summed E-state index contributed by atoms with van der Waals surface area (Å²) in [7, 11) is 1.59. The smallest absolute Gasteiger partial charge is 0.416 e. The maximum atomic E-state index is 14.1. The number of methoxy groups -OCH3 is 1. The van der Waals surface area contributed by atoms with E-state index in [9.17, 15) is 37.1 Å². The zero-order valence-electron chi connectivity index (χ0n) is 43.3. The van der Waals surface area contributed by atoms with E-state index in [2.05, 4.69) is 32.0 Å². The van der Waals surface area contributed by atoms with E-state index in [0.717, 1.165) is 55.4 Å². The van der Waals surface area contributed by atoms with Gasteiger partial charge in [0, 0.05) is 86.5 Å². The zero-order valence-corrected chi connectivity index (χ0v) is 44.1. The van der Waals surface area contributed by atoms with Crippen LogP contribution in [0.1, 0.15) is 124 Å². The fraction of sp³-hybridized carbons (Fsp3) is 0.509. The average molecular weight is 1060 g/mol. The predicted octanol–water partition coefficient (Wildman–Crippen LogP) is 11.0. The molecule has 75 heavy (non-hydrogen) atoms. The van der Waals surface area contributed by atoms with Crippen LogP contribution in [0, 0.1) is 24.7 Å². The number of benzene rings is 3. The van der Waals surface area contributed by atoms with E-state index in [0.29, 0.717) is 115 Å². The minimum atomic E-state index is -4.68. The number of imide groups is 1. The average Bonchev–Trinajstić information content (AvgIpc) is 3.37. The fourth-order valence-electron chi connectivity index (χ4n) is 10.3. The molecule has 3 aromatic carbocycles. The number of anilines is 3. The number of fused-ring (bicyclic) bond motifs is 1. The highest BCUT2D eigenvalue weighted by atomic mass is 35.5. The Morgan fingerprint density at radius 3 is 2.28 bits per heavy atom. The van der Waals surface area contributed by atoms with Crippen molar-refractivity contribution in [1.82, 2.24) is 25.1 Å². The van der Waals surface area contributed by atoms with Gasteiger partial charge in [-0.3, -0.25) is 29.9 Å². The molecule has 402 valence electrons. The third-order valence-electron chi connectivity index (χ3n) is 14.4. The maximum Gasteiger partial charge on any atom is 0.416 e. The van der Waals surface area contributed by atoms with Crippen molar-refractivity contribution in [1.29, 1.82) is 0 Å². The topological polar surface area (TPSA) is 185 Å². The van der Waals surface area contributed by atoms with Crippen LogP contribution in [0.2, 0.25) is 5.02 Å². The van der Waals surface area contributed by atoms with Gasteiger partial charge in [0.05, 0.1) is 34.9 Å². The summed E-state index contributed by atoms with van der Waals surface area (Å²) < 4.78 is 59.7. The molecule has 4 aromatic rings. The Kier molecular flexibility index (Phi) is 16.9. The lowest BCUT2D eigenvalue weighted by Gasteiger charge is -2.35. The molecule has 1 unspecified atom stereocenters. The Labute approximate surface area is 440 Å². The molecule has 1 aromatic heterocycles. The second-order valence-corrected chi connectivity index (χ2v) is 21.4. The molecule has 3 aliphatic heterocycles. The molecule has 20 heteroatoms. The monoisotopic (exact) mass is 1060 g/mol. The number of hydrogen-bond donors (Lipinski definition) is 3. The van der Waals surface area contributed by atoms with E-state index in [-0.39, 0.29) is 47.9 Å². The minimum absolute atomic E-state index is 0.0634. The summed E-state index contributed by atoms with van der Waals surface area (Å²) in [5, 5.41) is 9.01. The van der Waals surface area contributed by atoms with Gasteiger partial charge in [0.2, 0.25) is 11.8 Å². The highest BCUT2D eigenvalue weighted by Crippen LogP contribution is 2.41. The molecule has 3 N–H and O–H groups in total.